The zero-order valence-electron chi connectivity index (χ0n) is 15.6. The van der Waals surface area contributed by atoms with Crippen LogP contribution < -0.4 is 5.32 Å². The Hall–Kier alpha value is -2.19. The van der Waals surface area contributed by atoms with Gasteiger partial charge >= 0.3 is 0 Å². The summed E-state index contributed by atoms with van der Waals surface area (Å²) in [6, 6.07) is 21.2. The van der Waals surface area contributed by atoms with Crippen molar-refractivity contribution < 1.29 is 0 Å². The molecule has 1 aromatic heterocycles. The average molecular weight is 345 g/mol. The summed E-state index contributed by atoms with van der Waals surface area (Å²) in [5.74, 6) is 1.76. The van der Waals surface area contributed by atoms with E-state index in [1.165, 1.54) is 42.2 Å². The molecular weight excluding hydrogens is 316 g/mol. The van der Waals surface area contributed by atoms with Gasteiger partial charge in [0.25, 0.3) is 0 Å². The summed E-state index contributed by atoms with van der Waals surface area (Å²) in [6.45, 7) is 4.43. The maximum atomic E-state index is 4.88. The molecule has 134 valence electrons. The van der Waals surface area contributed by atoms with Gasteiger partial charge in [0, 0.05) is 17.5 Å². The van der Waals surface area contributed by atoms with Crippen LogP contribution in [0.5, 0.6) is 0 Å². The van der Waals surface area contributed by atoms with Crippen molar-refractivity contribution >= 4 is 10.9 Å². The van der Waals surface area contributed by atoms with E-state index in [2.05, 4.69) is 72.9 Å². The Kier molecular flexibility index (Phi) is 5.31. The highest BCUT2D eigenvalue weighted by Gasteiger charge is 2.17. The van der Waals surface area contributed by atoms with Gasteiger partial charge in [0.05, 0.1) is 11.2 Å². The zero-order chi connectivity index (χ0) is 17.8. The van der Waals surface area contributed by atoms with E-state index >= 15 is 0 Å². The minimum Gasteiger partial charge on any atom is -0.312 e. The van der Waals surface area contributed by atoms with E-state index in [4.69, 9.17) is 4.98 Å². The smallest absolute Gasteiger partial charge is 0.0712 e. The molecule has 0 unspecified atom stereocenters. The van der Waals surface area contributed by atoms with Crippen molar-refractivity contribution in [1.82, 2.24) is 10.3 Å². The fourth-order valence-electron chi connectivity index (χ4n) is 4.09. The third kappa shape index (κ3) is 3.96. The molecule has 2 nitrogen and oxygen atoms in total. The number of benzene rings is 2. The summed E-state index contributed by atoms with van der Waals surface area (Å²) in [6.07, 6.45) is 5.53. The number of nitrogens with zero attached hydrogens (tertiary/aromatic N) is 1. The van der Waals surface area contributed by atoms with E-state index in [9.17, 15) is 0 Å². The molecule has 0 radical (unpaired) electrons. The van der Waals surface area contributed by atoms with Gasteiger partial charge in [0.2, 0.25) is 0 Å². The van der Waals surface area contributed by atoms with Crippen molar-refractivity contribution in [1.29, 1.82) is 0 Å². The summed E-state index contributed by atoms with van der Waals surface area (Å²) in [5.41, 5.74) is 4.67. The summed E-state index contributed by atoms with van der Waals surface area (Å²) < 4.78 is 0. The molecular formula is C24H28N2. The first-order valence-corrected chi connectivity index (χ1v) is 9.94. The van der Waals surface area contributed by atoms with Gasteiger partial charge in [-0.25, -0.2) is 4.98 Å². The van der Waals surface area contributed by atoms with Crippen LogP contribution >= 0.6 is 0 Å². The van der Waals surface area contributed by atoms with E-state index in [1.807, 2.05) is 0 Å². The summed E-state index contributed by atoms with van der Waals surface area (Å²) >= 11 is 0. The highest BCUT2D eigenvalue weighted by atomic mass is 14.9. The molecule has 0 spiro atoms. The van der Waals surface area contributed by atoms with Gasteiger partial charge in [-0.05, 0) is 48.9 Å². The van der Waals surface area contributed by atoms with Crippen LogP contribution in [0.15, 0.2) is 60.7 Å². The van der Waals surface area contributed by atoms with E-state index in [0.717, 1.165) is 36.1 Å². The lowest BCUT2D eigenvalue weighted by Crippen LogP contribution is -2.25. The molecule has 2 heteroatoms. The molecule has 1 fully saturated rings. The van der Waals surface area contributed by atoms with Crippen LogP contribution in [0.4, 0.5) is 0 Å². The van der Waals surface area contributed by atoms with Gasteiger partial charge in [0.1, 0.15) is 0 Å². The molecule has 1 aliphatic rings. The number of fused-ring (bicyclic) bond motifs is 1. The summed E-state index contributed by atoms with van der Waals surface area (Å²) in [4.78, 5) is 4.88. The maximum absolute atomic E-state index is 4.88. The topological polar surface area (TPSA) is 24.9 Å². The largest absolute Gasteiger partial charge is 0.312 e. The third-order valence-corrected chi connectivity index (χ3v) is 5.76. The SMILES string of the molecule is CC1CCC(CNCc2cc(-c3ccccc3)nc3ccccc23)CC1. The fraction of sp³-hybridized carbons (Fsp3) is 0.375. The molecule has 4 rings (SSSR count). The van der Waals surface area contributed by atoms with Crippen LogP contribution in [-0.2, 0) is 6.54 Å². The van der Waals surface area contributed by atoms with Crippen LogP contribution in [0.25, 0.3) is 22.2 Å². The lowest BCUT2D eigenvalue weighted by atomic mass is 9.83. The standard InChI is InChI=1S/C24H28N2/c1-18-11-13-19(14-12-18)16-25-17-21-15-24(20-7-3-2-4-8-20)26-23-10-6-5-9-22(21)23/h2-10,15,18-19,25H,11-14,16-17H2,1H3. The Bertz CT molecular complexity index is 848. The predicted molar refractivity (Wildman–Crippen MR) is 110 cm³/mol. The number of nitrogens with one attached hydrogen (secondary N) is 1. The Morgan fingerprint density at radius 2 is 1.65 bits per heavy atom. The highest BCUT2D eigenvalue weighted by Crippen LogP contribution is 2.28. The Morgan fingerprint density at radius 1 is 0.923 bits per heavy atom. The molecule has 3 aromatic rings. The second kappa shape index (κ2) is 8.01. The van der Waals surface area contributed by atoms with Gasteiger partial charge in [-0.2, -0.15) is 0 Å². The summed E-state index contributed by atoms with van der Waals surface area (Å²) in [5, 5.41) is 4.99. The molecule has 0 saturated heterocycles. The van der Waals surface area contributed by atoms with Crippen molar-refractivity contribution in [2.24, 2.45) is 11.8 Å². The van der Waals surface area contributed by atoms with Crippen molar-refractivity contribution in [3.05, 3.63) is 66.2 Å². The minimum atomic E-state index is 0.841. The van der Waals surface area contributed by atoms with Crippen LogP contribution in [0.2, 0.25) is 0 Å². The molecule has 1 aliphatic carbocycles. The maximum Gasteiger partial charge on any atom is 0.0712 e. The molecule has 0 bridgehead atoms. The lowest BCUT2D eigenvalue weighted by molar-refractivity contribution is 0.281. The predicted octanol–water partition coefficient (Wildman–Crippen LogP) is 5.82. The van der Waals surface area contributed by atoms with Crippen molar-refractivity contribution in [2.75, 3.05) is 6.54 Å². The van der Waals surface area contributed by atoms with Gasteiger partial charge < -0.3 is 5.32 Å². The Labute approximate surface area is 156 Å². The summed E-state index contributed by atoms with van der Waals surface area (Å²) in [7, 11) is 0. The molecule has 1 N–H and O–H groups in total. The van der Waals surface area contributed by atoms with Gasteiger partial charge in [0.15, 0.2) is 0 Å². The highest BCUT2D eigenvalue weighted by molar-refractivity contribution is 5.85. The van der Waals surface area contributed by atoms with E-state index in [-0.39, 0.29) is 0 Å². The first kappa shape index (κ1) is 17.2. The van der Waals surface area contributed by atoms with Gasteiger partial charge in [-0.3, -0.25) is 0 Å². The van der Waals surface area contributed by atoms with E-state index in [0.29, 0.717) is 0 Å². The Balaban J connectivity index is 1.53. The van der Waals surface area contributed by atoms with Crippen molar-refractivity contribution in [3.63, 3.8) is 0 Å². The van der Waals surface area contributed by atoms with E-state index < -0.39 is 0 Å². The van der Waals surface area contributed by atoms with Crippen LogP contribution in [0.3, 0.4) is 0 Å². The second-order valence-corrected chi connectivity index (χ2v) is 7.81. The first-order valence-electron chi connectivity index (χ1n) is 9.94. The number of pyridine rings is 1. The number of hydrogen-bond acceptors (Lipinski definition) is 2. The molecule has 0 amide bonds. The normalized spacial score (nSPS) is 20.3. The van der Waals surface area contributed by atoms with Crippen LogP contribution in [0.1, 0.15) is 38.2 Å². The van der Waals surface area contributed by atoms with Gasteiger partial charge in [-0.15, -0.1) is 0 Å². The van der Waals surface area contributed by atoms with E-state index in [1.54, 1.807) is 0 Å². The third-order valence-electron chi connectivity index (χ3n) is 5.76. The second-order valence-electron chi connectivity index (χ2n) is 7.81. The molecule has 0 aliphatic heterocycles. The monoisotopic (exact) mass is 344 g/mol. The zero-order valence-corrected chi connectivity index (χ0v) is 15.6. The first-order chi connectivity index (χ1) is 12.8. The average Bonchev–Trinajstić information content (AvgIpc) is 2.70. The quantitative estimate of drug-likeness (QED) is 0.631. The molecule has 1 saturated carbocycles. The molecule has 2 aromatic carbocycles. The molecule has 0 atom stereocenters. The van der Waals surface area contributed by atoms with Crippen LogP contribution in [-0.4, -0.2) is 11.5 Å². The number of para-hydroxylation sites is 1. The number of aromatic nitrogens is 1. The van der Waals surface area contributed by atoms with Crippen molar-refractivity contribution in [3.8, 4) is 11.3 Å². The number of rotatable bonds is 5. The van der Waals surface area contributed by atoms with Crippen LogP contribution in [0, 0.1) is 11.8 Å². The Morgan fingerprint density at radius 3 is 2.46 bits per heavy atom. The van der Waals surface area contributed by atoms with Gasteiger partial charge in [-0.1, -0.05) is 68.3 Å². The molecule has 26 heavy (non-hydrogen) atoms. The fourth-order valence-corrected chi connectivity index (χ4v) is 4.09. The molecule has 1 heterocycles. The minimum absolute atomic E-state index is 0.841. The van der Waals surface area contributed by atoms with Crippen molar-refractivity contribution in [2.45, 2.75) is 39.2 Å². The number of hydrogen-bond donors (Lipinski definition) is 1. The lowest BCUT2D eigenvalue weighted by Gasteiger charge is -2.26.